The van der Waals surface area contributed by atoms with Crippen molar-refractivity contribution in [1.29, 1.82) is 0 Å². The second kappa shape index (κ2) is 10.7. The number of ether oxygens (including phenoxy) is 3. The number of methoxy groups -OCH3 is 2. The minimum Gasteiger partial charge on any atom is -0.497 e. The summed E-state index contributed by atoms with van der Waals surface area (Å²) in [6, 6.07) is 43.5. The Morgan fingerprint density at radius 1 is 0.510 bits per heavy atom. The van der Waals surface area contributed by atoms with E-state index >= 15 is 0 Å². The van der Waals surface area contributed by atoms with E-state index in [1.807, 2.05) is 12.1 Å². The predicted octanol–water partition coefficient (Wildman–Crippen LogP) is 10.5. The molecule has 236 valence electrons. The Hall–Kier alpha value is -6.20. The van der Waals surface area contributed by atoms with Crippen LogP contribution in [0.15, 0.2) is 146 Å². The first kappa shape index (κ1) is 27.9. The number of benzene rings is 6. The molecule has 8 aromatic rings. The van der Waals surface area contributed by atoms with Gasteiger partial charge in [0.2, 0.25) is 0 Å². The maximum atomic E-state index is 6.30. The van der Waals surface area contributed by atoms with E-state index < -0.39 is 0 Å². The monoisotopic (exact) mass is 636 g/mol. The zero-order valence-corrected chi connectivity index (χ0v) is 27.1. The fourth-order valence-electron chi connectivity index (χ4n) is 7.92. The van der Waals surface area contributed by atoms with Crippen molar-refractivity contribution in [3.8, 4) is 39.8 Å². The number of hydrogen-bond donors (Lipinski definition) is 0. The summed E-state index contributed by atoms with van der Waals surface area (Å²) in [7, 11) is 3.45. The SMILES string of the molecule is COc1ccc2c(c1)c1cc(-c3ccc4c5cc(OC)ccc5n(-c5ccc6c(c5)C5C=CC=CC5O6)c4c3)ccc1n2-c1ccccc1. The molecule has 0 N–H and O–H groups in total. The molecule has 2 aliphatic rings. The minimum absolute atomic E-state index is 0.0481. The second-order valence-corrected chi connectivity index (χ2v) is 12.8. The van der Waals surface area contributed by atoms with Gasteiger partial charge in [-0.05, 0) is 102 Å². The summed E-state index contributed by atoms with van der Waals surface area (Å²) < 4.78 is 22.4. The molecule has 0 amide bonds. The van der Waals surface area contributed by atoms with E-state index in [4.69, 9.17) is 14.2 Å². The molecule has 10 rings (SSSR count). The van der Waals surface area contributed by atoms with Gasteiger partial charge < -0.3 is 23.3 Å². The Bertz CT molecular complexity index is 2680. The summed E-state index contributed by atoms with van der Waals surface area (Å²) in [5.41, 5.74) is 10.4. The van der Waals surface area contributed by atoms with Crippen molar-refractivity contribution in [2.24, 2.45) is 0 Å². The molecule has 1 aliphatic carbocycles. The average Bonchev–Trinajstić information content (AvgIpc) is 3.81. The predicted molar refractivity (Wildman–Crippen MR) is 199 cm³/mol. The number of aromatic nitrogens is 2. The highest BCUT2D eigenvalue weighted by Gasteiger charge is 2.32. The average molecular weight is 637 g/mol. The first-order chi connectivity index (χ1) is 24.2. The van der Waals surface area contributed by atoms with Gasteiger partial charge in [0, 0.05) is 44.4 Å². The summed E-state index contributed by atoms with van der Waals surface area (Å²) in [5.74, 6) is 2.86. The Kier molecular flexibility index (Phi) is 6.06. The molecule has 2 atom stereocenters. The van der Waals surface area contributed by atoms with Gasteiger partial charge in [0.15, 0.2) is 0 Å². The maximum Gasteiger partial charge on any atom is 0.128 e. The Morgan fingerprint density at radius 3 is 1.90 bits per heavy atom. The van der Waals surface area contributed by atoms with Crippen molar-refractivity contribution in [3.63, 3.8) is 0 Å². The van der Waals surface area contributed by atoms with Crippen LogP contribution in [0.1, 0.15) is 11.5 Å². The molecule has 0 radical (unpaired) electrons. The van der Waals surface area contributed by atoms with E-state index in [1.54, 1.807) is 14.2 Å². The summed E-state index contributed by atoms with van der Waals surface area (Å²) in [4.78, 5) is 0. The standard InChI is InChI=1S/C44H32N2O3/c1-47-31-15-19-40-36(25-31)33-17-12-28(23-42(33)46(40)30-14-21-44-38(24-30)34-10-6-7-11-43(34)49-44)27-13-18-39-35(22-27)37-26-32(48-2)16-20-41(37)45(39)29-8-4-3-5-9-29/h3-26,34,43H,1-2H3. The Labute approximate surface area is 283 Å². The van der Waals surface area contributed by atoms with Crippen LogP contribution in [0, 0.1) is 0 Å². The molecule has 2 unspecified atom stereocenters. The van der Waals surface area contributed by atoms with Crippen molar-refractivity contribution >= 4 is 43.6 Å². The Morgan fingerprint density at radius 2 is 1.14 bits per heavy atom. The fraction of sp³-hybridized carbons (Fsp3) is 0.0909. The zero-order valence-electron chi connectivity index (χ0n) is 27.1. The molecule has 0 saturated heterocycles. The van der Waals surface area contributed by atoms with Gasteiger partial charge in [-0.1, -0.05) is 54.6 Å². The third-order valence-corrected chi connectivity index (χ3v) is 10.3. The molecule has 0 spiro atoms. The lowest BCUT2D eigenvalue weighted by Crippen LogP contribution is -2.15. The van der Waals surface area contributed by atoms with Crippen LogP contribution in [0.4, 0.5) is 0 Å². The molecular weight excluding hydrogens is 604 g/mol. The number of fused-ring (bicyclic) bond motifs is 9. The van der Waals surface area contributed by atoms with E-state index in [1.165, 1.54) is 16.3 Å². The smallest absolute Gasteiger partial charge is 0.128 e. The summed E-state index contributed by atoms with van der Waals surface area (Å²) in [6.07, 6.45) is 8.63. The highest BCUT2D eigenvalue weighted by atomic mass is 16.5. The number of allylic oxidation sites excluding steroid dienone is 2. The number of nitrogens with zero attached hydrogens (tertiary/aromatic N) is 2. The molecule has 6 aromatic carbocycles. The topological polar surface area (TPSA) is 37.6 Å². The molecular formula is C44H32N2O3. The van der Waals surface area contributed by atoms with Crippen molar-refractivity contribution in [2.45, 2.75) is 12.0 Å². The van der Waals surface area contributed by atoms with Crippen LogP contribution < -0.4 is 14.2 Å². The van der Waals surface area contributed by atoms with Gasteiger partial charge in [0.05, 0.1) is 36.3 Å². The zero-order chi connectivity index (χ0) is 32.6. The van der Waals surface area contributed by atoms with Crippen LogP contribution in [0.5, 0.6) is 17.2 Å². The summed E-state index contributed by atoms with van der Waals surface area (Å²) in [6.45, 7) is 0. The highest BCUT2D eigenvalue weighted by Crippen LogP contribution is 2.44. The van der Waals surface area contributed by atoms with Gasteiger partial charge in [-0.3, -0.25) is 0 Å². The van der Waals surface area contributed by atoms with Crippen molar-refractivity contribution in [2.75, 3.05) is 14.2 Å². The van der Waals surface area contributed by atoms with E-state index in [2.05, 4.69) is 143 Å². The Balaban J connectivity index is 1.19. The van der Waals surface area contributed by atoms with Crippen LogP contribution in [0.2, 0.25) is 0 Å². The molecule has 5 nitrogen and oxygen atoms in total. The van der Waals surface area contributed by atoms with Crippen LogP contribution in [0.3, 0.4) is 0 Å². The highest BCUT2D eigenvalue weighted by molar-refractivity contribution is 6.13. The van der Waals surface area contributed by atoms with E-state index in [0.717, 1.165) is 72.6 Å². The van der Waals surface area contributed by atoms with E-state index in [0.29, 0.717) is 0 Å². The third kappa shape index (κ3) is 4.18. The summed E-state index contributed by atoms with van der Waals surface area (Å²) in [5, 5.41) is 4.68. The van der Waals surface area contributed by atoms with Crippen LogP contribution in [-0.2, 0) is 0 Å². The van der Waals surface area contributed by atoms with Crippen molar-refractivity contribution < 1.29 is 14.2 Å². The summed E-state index contributed by atoms with van der Waals surface area (Å²) >= 11 is 0. The van der Waals surface area contributed by atoms with Gasteiger partial charge in [0.1, 0.15) is 23.4 Å². The first-order valence-electron chi connectivity index (χ1n) is 16.6. The number of hydrogen-bond acceptors (Lipinski definition) is 3. The number of para-hydroxylation sites is 1. The lowest BCUT2D eigenvalue weighted by atomic mass is 9.92. The van der Waals surface area contributed by atoms with Crippen LogP contribution >= 0.6 is 0 Å². The molecule has 0 fully saturated rings. The van der Waals surface area contributed by atoms with Crippen molar-refractivity contribution in [1.82, 2.24) is 9.13 Å². The normalized spacial score (nSPS) is 16.4. The molecule has 3 heterocycles. The van der Waals surface area contributed by atoms with Gasteiger partial charge in [-0.25, -0.2) is 0 Å². The molecule has 49 heavy (non-hydrogen) atoms. The van der Waals surface area contributed by atoms with Crippen LogP contribution in [-0.4, -0.2) is 29.5 Å². The second-order valence-electron chi connectivity index (χ2n) is 12.8. The van der Waals surface area contributed by atoms with Crippen LogP contribution in [0.25, 0.3) is 66.1 Å². The number of rotatable bonds is 5. The van der Waals surface area contributed by atoms with Gasteiger partial charge >= 0.3 is 0 Å². The lowest BCUT2D eigenvalue weighted by Gasteiger charge is -2.14. The van der Waals surface area contributed by atoms with Crippen molar-refractivity contribution in [3.05, 3.63) is 151 Å². The van der Waals surface area contributed by atoms with Gasteiger partial charge in [-0.15, -0.1) is 0 Å². The molecule has 1 aliphatic heterocycles. The quantitative estimate of drug-likeness (QED) is 0.189. The van der Waals surface area contributed by atoms with Gasteiger partial charge in [-0.2, -0.15) is 0 Å². The van der Waals surface area contributed by atoms with Gasteiger partial charge in [0.25, 0.3) is 0 Å². The molecule has 0 bridgehead atoms. The maximum absolute atomic E-state index is 6.30. The van der Waals surface area contributed by atoms with E-state index in [-0.39, 0.29) is 12.0 Å². The third-order valence-electron chi connectivity index (χ3n) is 10.3. The lowest BCUT2D eigenvalue weighted by molar-refractivity contribution is 0.269. The molecule has 5 heteroatoms. The molecule has 2 aromatic heterocycles. The fourth-order valence-corrected chi connectivity index (χ4v) is 7.92. The minimum atomic E-state index is 0.0481. The molecule has 0 saturated carbocycles. The first-order valence-corrected chi connectivity index (χ1v) is 16.6. The van der Waals surface area contributed by atoms with E-state index in [9.17, 15) is 0 Å². The largest absolute Gasteiger partial charge is 0.497 e.